The van der Waals surface area contributed by atoms with E-state index in [9.17, 15) is 9.18 Å². The molecule has 1 unspecified atom stereocenters. The van der Waals surface area contributed by atoms with Crippen molar-refractivity contribution in [3.63, 3.8) is 0 Å². The van der Waals surface area contributed by atoms with Gasteiger partial charge < -0.3 is 14.5 Å². The first kappa shape index (κ1) is 21.3. The van der Waals surface area contributed by atoms with Gasteiger partial charge in [0.1, 0.15) is 11.6 Å². The summed E-state index contributed by atoms with van der Waals surface area (Å²) in [5.41, 5.74) is 3.36. The van der Waals surface area contributed by atoms with Crippen molar-refractivity contribution >= 4 is 17.3 Å². The standard InChI is InChI=1S/C26H32FN3O2/c1-32-25-17-21(27)10-12-24(25)29-15-13-28(14-16-29)18-22-11-9-19-5-2-3-8-23(19)30(22)26(31)20-6-4-7-20/h2-3,5,8,10,12,17,20,22H,4,6-7,9,11,13-16,18H2,1H3. The number of halogens is 1. The van der Waals surface area contributed by atoms with Crippen LogP contribution in [0.5, 0.6) is 5.75 Å². The first-order chi connectivity index (χ1) is 15.6. The minimum atomic E-state index is -0.280. The number of hydrogen-bond acceptors (Lipinski definition) is 4. The van der Waals surface area contributed by atoms with E-state index in [2.05, 4.69) is 39.0 Å². The summed E-state index contributed by atoms with van der Waals surface area (Å²) in [5.74, 6) is 0.826. The van der Waals surface area contributed by atoms with Crippen LogP contribution >= 0.6 is 0 Å². The minimum Gasteiger partial charge on any atom is -0.494 e. The summed E-state index contributed by atoms with van der Waals surface area (Å²) in [6, 6.07) is 13.4. The van der Waals surface area contributed by atoms with Crippen LogP contribution in [-0.4, -0.2) is 56.7 Å². The first-order valence-corrected chi connectivity index (χ1v) is 11.9. The van der Waals surface area contributed by atoms with Crippen molar-refractivity contribution in [3.8, 4) is 5.75 Å². The smallest absolute Gasteiger partial charge is 0.230 e. The largest absolute Gasteiger partial charge is 0.494 e. The molecule has 0 N–H and O–H groups in total. The Morgan fingerprint density at radius 1 is 1.03 bits per heavy atom. The highest BCUT2D eigenvalue weighted by Crippen LogP contribution is 2.37. The van der Waals surface area contributed by atoms with Crippen LogP contribution in [0.4, 0.5) is 15.8 Å². The summed E-state index contributed by atoms with van der Waals surface area (Å²) in [4.78, 5) is 20.3. The van der Waals surface area contributed by atoms with Crippen molar-refractivity contribution in [1.29, 1.82) is 0 Å². The average molecular weight is 438 g/mol. The highest BCUT2D eigenvalue weighted by atomic mass is 19.1. The number of nitrogens with zero attached hydrogens (tertiary/aromatic N) is 3. The SMILES string of the molecule is COc1cc(F)ccc1N1CCN(CC2CCc3ccccc3N2C(=O)C2CCC2)CC1. The van der Waals surface area contributed by atoms with E-state index < -0.39 is 0 Å². The number of fused-ring (bicyclic) bond motifs is 1. The maximum Gasteiger partial charge on any atom is 0.230 e. The third-order valence-corrected chi connectivity index (χ3v) is 7.38. The Balaban J connectivity index is 1.27. The van der Waals surface area contributed by atoms with Crippen LogP contribution in [-0.2, 0) is 11.2 Å². The van der Waals surface area contributed by atoms with Gasteiger partial charge in [0.15, 0.2) is 0 Å². The molecule has 2 aromatic rings. The van der Waals surface area contributed by atoms with E-state index >= 15 is 0 Å². The Morgan fingerprint density at radius 3 is 2.53 bits per heavy atom. The summed E-state index contributed by atoms with van der Waals surface area (Å²) in [6.45, 7) is 4.47. The normalized spacial score (nSPS) is 21.8. The molecule has 1 atom stereocenters. The number of benzene rings is 2. The third kappa shape index (κ3) is 4.08. The molecule has 2 aliphatic heterocycles. The fraction of sp³-hybridized carbons (Fsp3) is 0.500. The van der Waals surface area contributed by atoms with Gasteiger partial charge in [-0.3, -0.25) is 9.69 Å². The van der Waals surface area contributed by atoms with Crippen molar-refractivity contribution in [2.24, 2.45) is 5.92 Å². The predicted molar refractivity (Wildman–Crippen MR) is 125 cm³/mol. The molecule has 1 saturated heterocycles. The van der Waals surface area contributed by atoms with E-state index in [1.165, 1.54) is 24.1 Å². The number of methoxy groups -OCH3 is 1. The highest BCUT2D eigenvalue weighted by Gasteiger charge is 2.37. The van der Waals surface area contributed by atoms with Gasteiger partial charge in [-0.2, -0.15) is 0 Å². The van der Waals surface area contributed by atoms with Gasteiger partial charge in [-0.1, -0.05) is 24.6 Å². The molecular formula is C26H32FN3O2. The zero-order valence-electron chi connectivity index (χ0n) is 18.8. The van der Waals surface area contributed by atoms with E-state index in [4.69, 9.17) is 4.74 Å². The zero-order chi connectivity index (χ0) is 22.1. The molecule has 1 aliphatic carbocycles. The molecule has 0 spiro atoms. The molecule has 2 fully saturated rings. The molecule has 0 bridgehead atoms. The van der Waals surface area contributed by atoms with Gasteiger partial charge in [0, 0.05) is 56.4 Å². The fourth-order valence-corrected chi connectivity index (χ4v) is 5.31. The maximum absolute atomic E-state index is 13.6. The molecule has 2 heterocycles. The van der Waals surface area contributed by atoms with E-state index in [0.717, 1.165) is 69.8 Å². The van der Waals surface area contributed by atoms with Crippen molar-refractivity contribution < 1.29 is 13.9 Å². The Kier molecular flexibility index (Phi) is 6.05. The number of piperazine rings is 1. The van der Waals surface area contributed by atoms with E-state index in [1.807, 2.05) is 0 Å². The molecule has 1 amide bonds. The number of amides is 1. The van der Waals surface area contributed by atoms with Gasteiger partial charge in [-0.15, -0.1) is 0 Å². The number of rotatable bonds is 5. The summed E-state index contributed by atoms with van der Waals surface area (Å²) in [7, 11) is 1.59. The van der Waals surface area contributed by atoms with Crippen LogP contribution in [0.25, 0.3) is 0 Å². The number of carbonyl (C=O) groups excluding carboxylic acids is 1. The lowest BCUT2D eigenvalue weighted by molar-refractivity contribution is -0.125. The van der Waals surface area contributed by atoms with Gasteiger partial charge in [0.05, 0.1) is 12.8 Å². The summed E-state index contributed by atoms with van der Waals surface area (Å²) >= 11 is 0. The van der Waals surface area contributed by atoms with Crippen LogP contribution in [0.2, 0.25) is 0 Å². The predicted octanol–water partition coefficient (Wildman–Crippen LogP) is 4.10. The molecule has 2 aromatic carbocycles. The van der Waals surface area contributed by atoms with E-state index in [0.29, 0.717) is 11.7 Å². The molecule has 32 heavy (non-hydrogen) atoms. The molecule has 1 saturated carbocycles. The molecule has 6 heteroatoms. The van der Waals surface area contributed by atoms with E-state index in [1.54, 1.807) is 13.2 Å². The van der Waals surface area contributed by atoms with Crippen molar-refractivity contribution in [2.75, 3.05) is 49.6 Å². The Morgan fingerprint density at radius 2 is 1.81 bits per heavy atom. The highest BCUT2D eigenvalue weighted by molar-refractivity contribution is 5.97. The van der Waals surface area contributed by atoms with Crippen LogP contribution in [0.15, 0.2) is 42.5 Å². The second kappa shape index (κ2) is 9.10. The van der Waals surface area contributed by atoms with Gasteiger partial charge in [0.25, 0.3) is 0 Å². The molecular weight excluding hydrogens is 405 g/mol. The van der Waals surface area contributed by atoms with Crippen molar-refractivity contribution in [3.05, 3.63) is 53.8 Å². The molecule has 3 aliphatic rings. The average Bonchev–Trinajstić information content (AvgIpc) is 2.78. The topological polar surface area (TPSA) is 36.0 Å². The van der Waals surface area contributed by atoms with E-state index in [-0.39, 0.29) is 17.8 Å². The van der Waals surface area contributed by atoms with Gasteiger partial charge in [-0.25, -0.2) is 4.39 Å². The van der Waals surface area contributed by atoms with Gasteiger partial charge >= 0.3 is 0 Å². The molecule has 5 rings (SSSR count). The molecule has 0 aromatic heterocycles. The van der Waals surface area contributed by atoms with Crippen LogP contribution in [0.3, 0.4) is 0 Å². The lowest BCUT2D eigenvalue weighted by Crippen LogP contribution is -2.55. The lowest BCUT2D eigenvalue weighted by Gasteiger charge is -2.44. The Hall–Kier alpha value is -2.60. The zero-order valence-corrected chi connectivity index (χ0v) is 18.8. The minimum absolute atomic E-state index is 0.200. The third-order valence-electron chi connectivity index (χ3n) is 7.38. The number of hydrogen-bond donors (Lipinski definition) is 0. The second-order valence-corrected chi connectivity index (χ2v) is 9.26. The Bertz CT molecular complexity index is 969. The number of para-hydroxylation sites is 1. The number of anilines is 2. The summed E-state index contributed by atoms with van der Waals surface area (Å²) < 4.78 is 19.0. The van der Waals surface area contributed by atoms with Crippen molar-refractivity contribution in [2.45, 2.75) is 38.1 Å². The van der Waals surface area contributed by atoms with Gasteiger partial charge in [0.2, 0.25) is 5.91 Å². The van der Waals surface area contributed by atoms with Crippen molar-refractivity contribution in [1.82, 2.24) is 4.90 Å². The Labute approximate surface area is 189 Å². The molecule has 0 radical (unpaired) electrons. The summed E-state index contributed by atoms with van der Waals surface area (Å²) in [6.07, 6.45) is 5.28. The quantitative estimate of drug-likeness (QED) is 0.706. The number of ether oxygens (including phenoxy) is 1. The monoisotopic (exact) mass is 437 g/mol. The van der Waals surface area contributed by atoms with Gasteiger partial charge in [-0.05, 0) is 49.4 Å². The molecule has 170 valence electrons. The summed E-state index contributed by atoms with van der Waals surface area (Å²) in [5, 5.41) is 0. The number of carbonyl (C=O) groups is 1. The fourth-order valence-electron chi connectivity index (χ4n) is 5.31. The molecule has 5 nitrogen and oxygen atoms in total. The lowest BCUT2D eigenvalue weighted by atomic mass is 9.82. The van der Waals surface area contributed by atoms with Crippen LogP contribution in [0, 0.1) is 11.7 Å². The van der Waals surface area contributed by atoms with Crippen LogP contribution in [0.1, 0.15) is 31.2 Å². The second-order valence-electron chi connectivity index (χ2n) is 9.26. The van der Waals surface area contributed by atoms with Crippen LogP contribution < -0.4 is 14.5 Å². The number of aryl methyl sites for hydroxylation is 1. The first-order valence-electron chi connectivity index (χ1n) is 11.9. The maximum atomic E-state index is 13.6.